The molecule has 1 aromatic rings. The predicted octanol–water partition coefficient (Wildman–Crippen LogP) is 2.54. The molecule has 0 fully saturated rings. The highest BCUT2D eigenvalue weighted by molar-refractivity contribution is 7.99. The molecule has 1 heterocycles. The number of rotatable bonds is 1. The fourth-order valence-electron chi connectivity index (χ4n) is 1.96. The number of hydrazine groups is 1. The van der Waals surface area contributed by atoms with Gasteiger partial charge in [-0.3, -0.25) is 4.99 Å². The average molecular weight is 249 g/mol. The first-order valence-electron chi connectivity index (χ1n) is 5.79. The van der Waals surface area contributed by atoms with Gasteiger partial charge in [-0.1, -0.05) is 18.2 Å². The van der Waals surface area contributed by atoms with Crippen LogP contribution >= 0.6 is 11.8 Å². The monoisotopic (exact) mass is 249 g/mol. The molecule has 1 aliphatic heterocycles. The summed E-state index contributed by atoms with van der Waals surface area (Å²) in [6.45, 7) is 6.25. The Hall–Kier alpha value is -1.00. The van der Waals surface area contributed by atoms with Gasteiger partial charge in [0.25, 0.3) is 0 Å². The summed E-state index contributed by atoms with van der Waals surface area (Å²) in [6.07, 6.45) is 0. The standard InChI is InChI=1S/C13H19N3S/c1-13(2,3)15-12(16-14)10-8-17-11-7-5-4-6-9(10)11/h4-7,10H,8,14H2,1-3H3,(H,15,16). The van der Waals surface area contributed by atoms with Gasteiger partial charge in [0, 0.05) is 10.6 Å². The lowest BCUT2D eigenvalue weighted by Gasteiger charge is -2.20. The predicted molar refractivity (Wildman–Crippen MR) is 74.4 cm³/mol. The zero-order chi connectivity index (χ0) is 12.5. The highest BCUT2D eigenvalue weighted by Gasteiger charge is 2.28. The minimum absolute atomic E-state index is 0.107. The summed E-state index contributed by atoms with van der Waals surface area (Å²) >= 11 is 1.87. The molecule has 0 radical (unpaired) electrons. The Kier molecular flexibility index (Phi) is 3.45. The van der Waals surface area contributed by atoms with E-state index in [9.17, 15) is 0 Å². The van der Waals surface area contributed by atoms with Crippen molar-refractivity contribution in [2.75, 3.05) is 5.75 Å². The van der Waals surface area contributed by atoms with Crippen molar-refractivity contribution in [2.45, 2.75) is 37.1 Å². The Bertz CT molecular complexity index is 435. The third-order valence-corrected chi connectivity index (χ3v) is 3.82. The average Bonchev–Trinajstić information content (AvgIpc) is 2.68. The van der Waals surface area contributed by atoms with Crippen molar-refractivity contribution in [3.8, 4) is 0 Å². The lowest BCUT2D eigenvalue weighted by Crippen LogP contribution is -2.37. The van der Waals surface area contributed by atoms with Gasteiger partial charge in [-0.25, -0.2) is 5.84 Å². The zero-order valence-electron chi connectivity index (χ0n) is 10.5. The largest absolute Gasteiger partial charge is 0.312 e. The quantitative estimate of drug-likeness (QED) is 0.348. The maximum absolute atomic E-state index is 5.63. The Labute approximate surface area is 107 Å². The number of amidine groups is 1. The van der Waals surface area contributed by atoms with Crippen molar-refractivity contribution in [1.82, 2.24) is 5.43 Å². The summed E-state index contributed by atoms with van der Waals surface area (Å²) in [7, 11) is 0. The van der Waals surface area contributed by atoms with E-state index in [4.69, 9.17) is 5.84 Å². The summed E-state index contributed by atoms with van der Waals surface area (Å²) in [5.74, 6) is 7.82. The van der Waals surface area contributed by atoms with Crippen molar-refractivity contribution in [2.24, 2.45) is 10.8 Å². The Balaban J connectivity index is 2.33. The number of nitrogens with two attached hydrogens (primary N) is 1. The van der Waals surface area contributed by atoms with Crippen molar-refractivity contribution in [1.29, 1.82) is 0 Å². The second-order valence-electron chi connectivity index (χ2n) is 5.21. The molecule has 0 aliphatic carbocycles. The maximum atomic E-state index is 5.63. The van der Waals surface area contributed by atoms with Gasteiger partial charge in [-0.2, -0.15) is 0 Å². The molecule has 0 saturated carbocycles. The van der Waals surface area contributed by atoms with Gasteiger partial charge < -0.3 is 5.43 Å². The van der Waals surface area contributed by atoms with E-state index in [1.165, 1.54) is 10.5 Å². The number of nitrogens with one attached hydrogen (secondary N) is 1. The van der Waals surface area contributed by atoms with Crippen LogP contribution in [0.2, 0.25) is 0 Å². The minimum Gasteiger partial charge on any atom is -0.312 e. The third-order valence-electron chi connectivity index (χ3n) is 2.63. The lowest BCUT2D eigenvalue weighted by molar-refractivity contribution is 0.575. The SMILES string of the molecule is CC(C)(C)N=C(NN)C1CSc2ccccc21. The molecule has 0 spiro atoms. The number of benzene rings is 1. The molecule has 0 amide bonds. The second kappa shape index (κ2) is 4.70. The highest BCUT2D eigenvalue weighted by atomic mass is 32.2. The summed E-state index contributed by atoms with van der Waals surface area (Å²) in [6, 6.07) is 8.47. The van der Waals surface area contributed by atoms with Crippen molar-refractivity contribution >= 4 is 17.6 Å². The topological polar surface area (TPSA) is 50.4 Å². The first kappa shape index (κ1) is 12.5. The molecule has 1 aromatic carbocycles. The van der Waals surface area contributed by atoms with Gasteiger partial charge in [0.1, 0.15) is 5.84 Å². The van der Waals surface area contributed by atoms with Crippen LogP contribution in [-0.4, -0.2) is 17.1 Å². The normalized spacial score (nSPS) is 20.2. The summed E-state index contributed by atoms with van der Waals surface area (Å²) in [5.41, 5.74) is 4.00. The summed E-state index contributed by atoms with van der Waals surface area (Å²) < 4.78 is 0. The van der Waals surface area contributed by atoms with Gasteiger partial charge in [0.15, 0.2) is 0 Å². The number of nitrogens with zero attached hydrogens (tertiary/aromatic N) is 1. The number of fused-ring (bicyclic) bond motifs is 1. The zero-order valence-corrected chi connectivity index (χ0v) is 11.3. The van der Waals surface area contributed by atoms with Crippen LogP contribution in [0.5, 0.6) is 0 Å². The molecular weight excluding hydrogens is 230 g/mol. The molecule has 1 unspecified atom stereocenters. The van der Waals surface area contributed by atoms with Crippen LogP contribution < -0.4 is 11.3 Å². The van der Waals surface area contributed by atoms with E-state index in [-0.39, 0.29) is 5.54 Å². The highest BCUT2D eigenvalue weighted by Crippen LogP contribution is 2.39. The van der Waals surface area contributed by atoms with Crippen LogP contribution in [0.15, 0.2) is 34.2 Å². The van der Waals surface area contributed by atoms with E-state index in [1.807, 2.05) is 11.8 Å². The number of hydrogen-bond acceptors (Lipinski definition) is 3. The maximum Gasteiger partial charge on any atom is 0.119 e. The molecule has 2 rings (SSSR count). The Morgan fingerprint density at radius 1 is 1.41 bits per heavy atom. The molecule has 0 saturated heterocycles. The van der Waals surface area contributed by atoms with Gasteiger partial charge >= 0.3 is 0 Å². The fourth-order valence-corrected chi connectivity index (χ4v) is 3.20. The van der Waals surface area contributed by atoms with Crippen molar-refractivity contribution < 1.29 is 0 Å². The van der Waals surface area contributed by atoms with Gasteiger partial charge in [0.2, 0.25) is 0 Å². The van der Waals surface area contributed by atoms with Crippen molar-refractivity contribution in [3.63, 3.8) is 0 Å². The molecular formula is C13H19N3S. The van der Waals surface area contributed by atoms with Gasteiger partial charge in [-0.05, 0) is 32.4 Å². The van der Waals surface area contributed by atoms with E-state index in [2.05, 4.69) is 55.5 Å². The van der Waals surface area contributed by atoms with E-state index < -0.39 is 0 Å². The fraction of sp³-hybridized carbons (Fsp3) is 0.462. The van der Waals surface area contributed by atoms with Crippen LogP contribution in [0.1, 0.15) is 32.3 Å². The number of thioether (sulfide) groups is 1. The molecule has 0 bridgehead atoms. The van der Waals surface area contributed by atoms with E-state index in [0.717, 1.165) is 11.6 Å². The lowest BCUT2D eigenvalue weighted by atomic mass is 9.99. The smallest absolute Gasteiger partial charge is 0.119 e. The van der Waals surface area contributed by atoms with Crippen LogP contribution in [0, 0.1) is 0 Å². The van der Waals surface area contributed by atoms with Gasteiger partial charge in [-0.15, -0.1) is 11.8 Å². The molecule has 1 aliphatic rings. The van der Waals surface area contributed by atoms with Crippen LogP contribution in [-0.2, 0) is 0 Å². The Morgan fingerprint density at radius 3 is 2.76 bits per heavy atom. The van der Waals surface area contributed by atoms with E-state index >= 15 is 0 Å². The van der Waals surface area contributed by atoms with Crippen LogP contribution in [0.4, 0.5) is 0 Å². The molecule has 0 aromatic heterocycles. The van der Waals surface area contributed by atoms with E-state index in [0.29, 0.717) is 5.92 Å². The molecule has 92 valence electrons. The number of hydrogen-bond donors (Lipinski definition) is 2. The first-order chi connectivity index (χ1) is 8.01. The Morgan fingerprint density at radius 2 is 2.12 bits per heavy atom. The molecule has 17 heavy (non-hydrogen) atoms. The van der Waals surface area contributed by atoms with Crippen LogP contribution in [0.3, 0.4) is 0 Å². The third kappa shape index (κ3) is 2.82. The van der Waals surface area contributed by atoms with E-state index in [1.54, 1.807) is 0 Å². The molecule has 1 atom stereocenters. The van der Waals surface area contributed by atoms with Crippen LogP contribution in [0.25, 0.3) is 0 Å². The minimum atomic E-state index is -0.107. The summed E-state index contributed by atoms with van der Waals surface area (Å²) in [5, 5.41) is 0. The number of aliphatic imine (C=N–C) groups is 1. The first-order valence-corrected chi connectivity index (χ1v) is 6.78. The second-order valence-corrected chi connectivity index (χ2v) is 6.28. The van der Waals surface area contributed by atoms with Crippen molar-refractivity contribution in [3.05, 3.63) is 29.8 Å². The molecule has 3 nitrogen and oxygen atoms in total. The summed E-state index contributed by atoms with van der Waals surface area (Å²) in [4.78, 5) is 6.02. The molecule has 4 heteroatoms. The molecule has 3 N–H and O–H groups in total. The van der Waals surface area contributed by atoms with Gasteiger partial charge in [0.05, 0.1) is 11.5 Å².